The highest BCUT2D eigenvalue weighted by Crippen LogP contribution is 2.30. The Morgan fingerprint density at radius 2 is 2.12 bits per heavy atom. The van der Waals surface area contributed by atoms with E-state index in [-0.39, 0.29) is 17.2 Å². The predicted octanol–water partition coefficient (Wildman–Crippen LogP) is 2.85. The van der Waals surface area contributed by atoms with Crippen molar-refractivity contribution in [3.05, 3.63) is 43.4 Å². The number of ether oxygens (including phenoxy) is 1. The quantitative estimate of drug-likeness (QED) is 0.799. The third kappa shape index (κ3) is 4.50. The lowest BCUT2D eigenvalue weighted by molar-refractivity contribution is -0.116. The molecule has 2 heterocycles. The maximum atomic E-state index is 12.4. The van der Waals surface area contributed by atoms with Crippen molar-refractivity contribution in [2.24, 2.45) is 0 Å². The first kappa shape index (κ1) is 18.2. The molecular formula is C17H20BrN3O3S. The normalized spacial score (nSPS) is 14.6. The van der Waals surface area contributed by atoms with Gasteiger partial charge in [-0.2, -0.15) is 0 Å². The van der Waals surface area contributed by atoms with Crippen LogP contribution in [0.25, 0.3) is 0 Å². The Kier molecular flexibility index (Phi) is 5.93. The van der Waals surface area contributed by atoms with Gasteiger partial charge in [-0.1, -0.05) is 27.3 Å². The lowest BCUT2D eigenvalue weighted by Crippen LogP contribution is -2.36. The maximum Gasteiger partial charge on any atom is 0.307 e. The van der Waals surface area contributed by atoms with Crippen molar-refractivity contribution in [2.75, 3.05) is 36.5 Å². The fraction of sp³-hybridized carbons (Fsp3) is 0.412. The van der Waals surface area contributed by atoms with Crippen molar-refractivity contribution in [3.63, 3.8) is 0 Å². The number of benzene rings is 1. The van der Waals surface area contributed by atoms with E-state index in [1.807, 2.05) is 30.5 Å². The van der Waals surface area contributed by atoms with Gasteiger partial charge in [0.25, 0.3) is 0 Å². The van der Waals surface area contributed by atoms with Gasteiger partial charge in [0.15, 0.2) is 0 Å². The van der Waals surface area contributed by atoms with E-state index in [0.717, 1.165) is 46.0 Å². The maximum absolute atomic E-state index is 12.4. The third-order valence-corrected chi connectivity index (χ3v) is 5.50. The molecule has 0 aliphatic carbocycles. The molecule has 0 unspecified atom stereocenters. The van der Waals surface area contributed by atoms with E-state index in [1.54, 1.807) is 4.57 Å². The number of hydrogen-bond donors (Lipinski definition) is 1. The Balaban J connectivity index is 1.70. The van der Waals surface area contributed by atoms with Crippen LogP contribution in [0.1, 0.15) is 12.1 Å². The number of hydrogen-bond acceptors (Lipinski definition) is 5. The standard InChI is InChI=1S/C17H20BrN3O3S/c1-12-11-25-17(23)21(12)5-4-16(22)19-14-10-13(18)2-3-15(14)20-6-8-24-9-7-20/h2-3,10-11H,4-9H2,1H3,(H,19,22). The molecule has 0 spiro atoms. The number of aromatic nitrogens is 1. The summed E-state index contributed by atoms with van der Waals surface area (Å²) in [6, 6.07) is 5.87. The van der Waals surface area contributed by atoms with Crippen molar-refractivity contribution in [1.82, 2.24) is 4.57 Å². The van der Waals surface area contributed by atoms with Crippen LogP contribution >= 0.6 is 27.3 Å². The van der Waals surface area contributed by atoms with E-state index < -0.39 is 0 Å². The highest BCUT2D eigenvalue weighted by Gasteiger charge is 2.16. The smallest absolute Gasteiger partial charge is 0.307 e. The van der Waals surface area contributed by atoms with Crippen LogP contribution in [0.4, 0.5) is 11.4 Å². The van der Waals surface area contributed by atoms with Gasteiger partial charge < -0.3 is 19.5 Å². The van der Waals surface area contributed by atoms with Crippen molar-refractivity contribution >= 4 is 44.5 Å². The molecule has 2 aromatic rings. The van der Waals surface area contributed by atoms with Crippen molar-refractivity contribution < 1.29 is 9.53 Å². The Labute approximate surface area is 158 Å². The zero-order chi connectivity index (χ0) is 17.8. The number of halogens is 1. The number of anilines is 2. The van der Waals surface area contributed by atoms with E-state index in [9.17, 15) is 9.59 Å². The first-order valence-electron chi connectivity index (χ1n) is 8.11. The number of morpholine rings is 1. The van der Waals surface area contributed by atoms with E-state index in [4.69, 9.17) is 4.74 Å². The van der Waals surface area contributed by atoms with E-state index >= 15 is 0 Å². The molecule has 1 saturated heterocycles. The number of carbonyl (C=O) groups is 1. The second-order valence-electron chi connectivity index (χ2n) is 5.85. The van der Waals surface area contributed by atoms with Gasteiger partial charge >= 0.3 is 4.87 Å². The summed E-state index contributed by atoms with van der Waals surface area (Å²) >= 11 is 4.62. The number of aryl methyl sites for hydroxylation is 1. The van der Waals surface area contributed by atoms with Gasteiger partial charge in [0.2, 0.25) is 5.91 Å². The number of thiazole rings is 1. The lowest BCUT2D eigenvalue weighted by Gasteiger charge is -2.30. The molecule has 8 heteroatoms. The van der Waals surface area contributed by atoms with Crippen LogP contribution in [0.15, 0.2) is 32.8 Å². The number of carbonyl (C=O) groups excluding carboxylic acids is 1. The van der Waals surface area contributed by atoms with Gasteiger partial charge in [0.1, 0.15) is 0 Å². The van der Waals surface area contributed by atoms with E-state index in [2.05, 4.69) is 26.1 Å². The summed E-state index contributed by atoms with van der Waals surface area (Å²) in [5, 5.41) is 4.80. The molecule has 1 aromatic heterocycles. The molecule has 0 radical (unpaired) electrons. The van der Waals surface area contributed by atoms with Gasteiger partial charge in [-0.15, -0.1) is 0 Å². The van der Waals surface area contributed by atoms with Crippen LogP contribution in [-0.2, 0) is 16.1 Å². The summed E-state index contributed by atoms with van der Waals surface area (Å²) in [4.78, 5) is 26.3. The van der Waals surface area contributed by atoms with Gasteiger partial charge in [0.05, 0.1) is 24.6 Å². The molecule has 0 bridgehead atoms. The van der Waals surface area contributed by atoms with E-state index in [1.165, 1.54) is 0 Å². The molecule has 1 amide bonds. The minimum Gasteiger partial charge on any atom is -0.378 e. The molecule has 1 aliphatic rings. The van der Waals surface area contributed by atoms with Crippen LogP contribution in [-0.4, -0.2) is 36.8 Å². The second kappa shape index (κ2) is 8.16. The minimum absolute atomic E-state index is 0.0261. The third-order valence-electron chi connectivity index (χ3n) is 4.12. The second-order valence-corrected chi connectivity index (χ2v) is 7.59. The summed E-state index contributed by atoms with van der Waals surface area (Å²) in [6.07, 6.45) is 0.256. The average molecular weight is 426 g/mol. The summed E-state index contributed by atoms with van der Waals surface area (Å²) in [6.45, 7) is 5.23. The number of rotatable bonds is 5. The molecule has 1 N–H and O–H groups in total. The van der Waals surface area contributed by atoms with Gasteiger partial charge in [-0.3, -0.25) is 9.59 Å². The van der Waals surface area contributed by atoms with Crippen LogP contribution in [0.5, 0.6) is 0 Å². The number of nitrogens with one attached hydrogen (secondary N) is 1. The first-order valence-corrected chi connectivity index (χ1v) is 9.79. The summed E-state index contributed by atoms with van der Waals surface area (Å²) in [5.74, 6) is -0.106. The Morgan fingerprint density at radius 3 is 2.80 bits per heavy atom. The first-order chi connectivity index (χ1) is 12.0. The molecule has 0 atom stereocenters. The summed E-state index contributed by atoms with van der Waals surface area (Å²) < 4.78 is 7.94. The topological polar surface area (TPSA) is 63.6 Å². The average Bonchev–Trinajstić information content (AvgIpc) is 2.92. The molecule has 3 rings (SSSR count). The lowest BCUT2D eigenvalue weighted by atomic mass is 10.2. The monoisotopic (exact) mass is 425 g/mol. The molecule has 6 nitrogen and oxygen atoms in total. The van der Waals surface area contributed by atoms with Gasteiger partial charge in [-0.25, -0.2) is 0 Å². The Morgan fingerprint density at radius 1 is 1.36 bits per heavy atom. The largest absolute Gasteiger partial charge is 0.378 e. The molecule has 25 heavy (non-hydrogen) atoms. The Hall–Kier alpha value is -1.64. The highest BCUT2D eigenvalue weighted by molar-refractivity contribution is 9.10. The predicted molar refractivity (Wildman–Crippen MR) is 104 cm³/mol. The molecular weight excluding hydrogens is 406 g/mol. The molecule has 134 valence electrons. The van der Waals surface area contributed by atoms with E-state index in [0.29, 0.717) is 19.8 Å². The van der Waals surface area contributed by atoms with Gasteiger partial charge in [-0.05, 0) is 25.1 Å². The minimum atomic E-state index is -0.106. The zero-order valence-electron chi connectivity index (χ0n) is 14.0. The van der Waals surface area contributed by atoms with Crippen LogP contribution in [0, 0.1) is 6.92 Å². The molecule has 0 saturated carbocycles. The Bertz CT molecular complexity index is 812. The summed E-state index contributed by atoms with van der Waals surface area (Å²) in [7, 11) is 0. The van der Waals surface area contributed by atoms with Gasteiger partial charge in [0, 0.05) is 41.6 Å². The van der Waals surface area contributed by atoms with Crippen molar-refractivity contribution in [3.8, 4) is 0 Å². The molecule has 1 aliphatic heterocycles. The highest BCUT2D eigenvalue weighted by atomic mass is 79.9. The zero-order valence-corrected chi connectivity index (χ0v) is 16.4. The fourth-order valence-electron chi connectivity index (χ4n) is 2.79. The van der Waals surface area contributed by atoms with Crippen molar-refractivity contribution in [1.29, 1.82) is 0 Å². The molecule has 1 fully saturated rings. The van der Waals surface area contributed by atoms with Crippen LogP contribution < -0.4 is 15.1 Å². The van der Waals surface area contributed by atoms with Crippen LogP contribution in [0.2, 0.25) is 0 Å². The molecule has 1 aromatic carbocycles. The summed E-state index contributed by atoms with van der Waals surface area (Å²) in [5.41, 5.74) is 2.65. The number of nitrogens with zero attached hydrogens (tertiary/aromatic N) is 2. The number of amides is 1. The van der Waals surface area contributed by atoms with Crippen molar-refractivity contribution in [2.45, 2.75) is 19.9 Å². The van der Waals surface area contributed by atoms with Crippen LogP contribution in [0.3, 0.4) is 0 Å². The SMILES string of the molecule is Cc1csc(=O)n1CCC(=O)Nc1cc(Br)ccc1N1CCOCC1. The fourth-order valence-corrected chi connectivity index (χ4v) is 3.91.